The molecule has 0 saturated carbocycles. The normalized spacial score (nSPS) is 10.2. The van der Waals surface area contributed by atoms with E-state index >= 15 is 0 Å². The number of rotatable bonds is 4. The fourth-order valence-corrected chi connectivity index (χ4v) is 1.83. The van der Waals surface area contributed by atoms with Gasteiger partial charge in [-0.1, -0.05) is 24.3 Å². The number of aryl methyl sites for hydroxylation is 2. The van der Waals surface area contributed by atoms with Crippen molar-refractivity contribution in [1.29, 1.82) is 0 Å². The Morgan fingerprint density at radius 3 is 2.53 bits per heavy atom. The van der Waals surface area contributed by atoms with E-state index in [2.05, 4.69) is 4.98 Å². The minimum absolute atomic E-state index is 0.208. The Kier molecular flexibility index (Phi) is 3.66. The zero-order valence-electron chi connectivity index (χ0n) is 9.89. The Bertz CT molecular complexity index is 505. The fraction of sp³-hybridized carbons (Fsp3) is 0.200. The van der Waals surface area contributed by atoms with Crippen molar-refractivity contribution in [3.63, 3.8) is 0 Å². The monoisotopic (exact) mass is 225 g/mol. The van der Waals surface area contributed by atoms with Crippen LogP contribution in [0.25, 0.3) is 0 Å². The van der Waals surface area contributed by atoms with Crippen LogP contribution < -0.4 is 0 Å². The summed E-state index contributed by atoms with van der Waals surface area (Å²) in [6.45, 7) is 1.97. The highest BCUT2D eigenvalue weighted by Crippen LogP contribution is 2.11. The zero-order valence-corrected chi connectivity index (χ0v) is 9.89. The van der Waals surface area contributed by atoms with Crippen molar-refractivity contribution in [2.75, 3.05) is 0 Å². The SMILES string of the molecule is Cc1ccccc1C(=O)CCc1ccncc1. The van der Waals surface area contributed by atoms with Crippen LogP contribution >= 0.6 is 0 Å². The molecule has 2 nitrogen and oxygen atoms in total. The molecule has 0 fully saturated rings. The largest absolute Gasteiger partial charge is 0.294 e. The first-order chi connectivity index (χ1) is 8.27. The van der Waals surface area contributed by atoms with E-state index in [0.717, 1.165) is 23.1 Å². The van der Waals surface area contributed by atoms with Crippen LogP contribution in [0.15, 0.2) is 48.8 Å². The van der Waals surface area contributed by atoms with Gasteiger partial charge in [-0.05, 0) is 36.6 Å². The number of benzene rings is 1. The number of aromatic nitrogens is 1. The second-order valence-electron chi connectivity index (χ2n) is 4.09. The van der Waals surface area contributed by atoms with Crippen LogP contribution in [0.1, 0.15) is 27.9 Å². The second-order valence-corrected chi connectivity index (χ2v) is 4.09. The molecule has 1 heterocycles. The van der Waals surface area contributed by atoms with Crippen LogP contribution in [0.5, 0.6) is 0 Å². The number of carbonyl (C=O) groups excluding carboxylic acids is 1. The fourth-order valence-electron chi connectivity index (χ4n) is 1.83. The summed E-state index contributed by atoms with van der Waals surface area (Å²) >= 11 is 0. The summed E-state index contributed by atoms with van der Waals surface area (Å²) in [5, 5.41) is 0. The van der Waals surface area contributed by atoms with E-state index in [1.54, 1.807) is 12.4 Å². The van der Waals surface area contributed by atoms with Crippen molar-refractivity contribution < 1.29 is 4.79 Å². The lowest BCUT2D eigenvalue weighted by molar-refractivity contribution is 0.0982. The molecule has 1 aromatic carbocycles. The van der Waals surface area contributed by atoms with Gasteiger partial charge in [0.2, 0.25) is 0 Å². The molecule has 0 spiro atoms. The number of nitrogens with zero attached hydrogens (tertiary/aromatic N) is 1. The van der Waals surface area contributed by atoms with Gasteiger partial charge in [-0.3, -0.25) is 9.78 Å². The van der Waals surface area contributed by atoms with Crippen molar-refractivity contribution in [1.82, 2.24) is 4.98 Å². The molecule has 2 rings (SSSR count). The predicted octanol–water partition coefficient (Wildman–Crippen LogP) is 3.21. The van der Waals surface area contributed by atoms with Gasteiger partial charge in [-0.15, -0.1) is 0 Å². The molecule has 0 atom stereocenters. The topological polar surface area (TPSA) is 30.0 Å². The van der Waals surface area contributed by atoms with Gasteiger partial charge in [0, 0.05) is 24.4 Å². The highest BCUT2D eigenvalue weighted by Gasteiger charge is 2.08. The molecule has 0 radical (unpaired) electrons. The number of ketones is 1. The number of hydrogen-bond donors (Lipinski definition) is 0. The molecule has 0 aliphatic carbocycles. The summed E-state index contributed by atoms with van der Waals surface area (Å²) < 4.78 is 0. The van der Waals surface area contributed by atoms with Gasteiger partial charge >= 0.3 is 0 Å². The quantitative estimate of drug-likeness (QED) is 0.748. The molecular formula is C15H15NO. The van der Waals surface area contributed by atoms with Gasteiger partial charge in [0.1, 0.15) is 0 Å². The highest BCUT2D eigenvalue weighted by atomic mass is 16.1. The maximum absolute atomic E-state index is 12.0. The van der Waals surface area contributed by atoms with Gasteiger partial charge in [-0.25, -0.2) is 0 Å². The van der Waals surface area contributed by atoms with Crippen LogP contribution in [-0.2, 0) is 6.42 Å². The van der Waals surface area contributed by atoms with Crippen LogP contribution in [0.4, 0.5) is 0 Å². The summed E-state index contributed by atoms with van der Waals surface area (Å²) in [5.74, 6) is 0.208. The highest BCUT2D eigenvalue weighted by molar-refractivity contribution is 5.97. The van der Waals surface area contributed by atoms with E-state index < -0.39 is 0 Å². The van der Waals surface area contributed by atoms with E-state index in [0.29, 0.717) is 6.42 Å². The van der Waals surface area contributed by atoms with E-state index in [1.165, 1.54) is 0 Å². The first-order valence-corrected chi connectivity index (χ1v) is 5.75. The molecule has 1 aromatic heterocycles. The van der Waals surface area contributed by atoms with Crippen LogP contribution in [0.2, 0.25) is 0 Å². The summed E-state index contributed by atoms with van der Waals surface area (Å²) in [6.07, 6.45) is 4.84. The summed E-state index contributed by atoms with van der Waals surface area (Å²) in [4.78, 5) is 16.0. The maximum atomic E-state index is 12.0. The van der Waals surface area contributed by atoms with Crippen LogP contribution in [0.3, 0.4) is 0 Å². The molecule has 0 bridgehead atoms. The first kappa shape index (κ1) is 11.5. The standard InChI is InChI=1S/C15H15NO/c1-12-4-2-3-5-14(12)15(17)7-6-13-8-10-16-11-9-13/h2-5,8-11H,6-7H2,1H3. The lowest BCUT2D eigenvalue weighted by atomic mass is 10.00. The van der Waals surface area contributed by atoms with Crippen molar-refractivity contribution in [3.8, 4) is 0 Å². The Hall–Kier alpha value is -1.96. The lowest BCUT2D eigenvalue weighted by Gasteiger charge is -2.04. The van der Waals surface area contributed by atoms with E-state index in [-0.39, 0.29) is 5.78 Å². The number of Topliss-reactive ketones (excluding diaryl/α,β-unsaturated/α-hetero) is 1. The van der Waals surface area contributed by atoms with Crippen LogP contribution in [-0.4, -0.2) is 10.8 Å². The van der Waals surface area contributed by atoms with E-state index in [4.69, 9.17) is 0 Å². The molecule has 86 valence electrons. The number of hydrogen-bond acceptors (Lipinski definition) is 2. The smallest absolute Gasteiger partial charge is 0.163 e. The average molecular weight is 225 g/mol. The van der Waals surface area contributed by atoms with Crippen molar-refractivity contribution in [2.24, 2.45) is 0 Å². The Morgan fingerprint density at radius 1 is 1.12 bits per heavy atom. The molecule has 0 N–H and O–H groups in total. The van der Waals surface area contributed by atoms with Gasteiger partial charge in [0.05, 0.1) is 0 Å². The lowest BCUT2D eigenvalue weighted by Crippen LogP contribution is -2.03. The molecular weight excluding hydrogens is 210 g/mol. The number of carbonyl (C=O) groups is 1. The third-order valence-corrected chi connectivity index (χ3v) is 2.84. The van der Waals surface area contributed by atoms with Crippen LogP contribution in [0, 0.1) is 6.92 Å². The third kappa shape index (κ3) is 3.00. The van der Waals surface area contributed by atoms with E-state index in [1.807, 2.05) is 43.3 Å². The summed E-state index contributed by atoms with van der Waals surface area (Å²) in [7, 11) is 0. The second kappa shape index (κ2) is 5.39. The zero-order chi connectivity index (χ0) is 12.1. The molecule has 2 heteroatoms. The summed E-state index contributed by atoms with van der Waals surface area (Å²) in [5.41, 5.74) is 3.04. The maximum Gasteiger partial charge on any atom is 0.163 e. The van der Waals surface area contributed by atoms with Crippen molar-refractivity contribution in [2.45, 2.75) is 19.8 Å². The summed E-state index contributed by atoms with van der Waals surface area (Å²) in [6, 6.07) is 11.6. The average Bonchev–Trinajstić information content (AvgIpc) is 2.38. The molecule has 0 aliphatic rings. The van der Waals surface area contributed by atoms with Gasteiger partial charge in [0.25, 0.3) is 0 Å². The Labute approximate surface area is 101 Å². The molecule has 17 heavy (non-hydrogen) atoms. The van der Waals surface area contributed by atoms with Gasteiger partial charge in [-0.2, -0.15) is 0 Å². The molecule has 2 aromatic rings. The Balaban J connectivity index is 2.01. The minimum Gasteiger partial charge on any atom is -0.294 e. The van der Waals surface area contributed by atoms with Crippen molar-refractivity contribution >= 4 is 5.78 Å². The first-order valence-electron chi connectivity index (χ1n) is 5.75. The van der Waals surface area contributed by atoms with Gasteiger partial charge in [0.15, 0.2) is 5.78 Å². The number of pyridine rings is 1. The van der Waals surface area contributed by atoms with E-state index in [9.17, 15) is 4.79 Å². The molecule has 0 aliphatic heterocycles. The van der Waals surface area contributed by atoms with Gasteiger partial charge < -0.3 is 0 Å². The Morgan fingerprint density at radius 2 is 1.82 bits per heavy atom. The van der Waals surface area contributed by atoms with Crippen molar-refractivity contribution in [3.05, 3.63) is 65.5 Å². The molecule has 0 saturated heterocycles. The third-order valence-electron chi connectivity index (χ3n) is 2.84. The predicted molar refractivity (Wildman–Crippen MR) is 68.1 cm³/mol. The minimum atomic E-state index is 0.208. The molecule has 0 unspecified atom stereocenters. The molecule has 0 amide bonds.